The maximum absolute atomic E-state index is 12.1. The number of hydrogen-bond donors (Lipinski definition) is 1. The van der Waals surface area contributed by atoms with Crippen LogP contribution in [0.15, 0.2) is 0 Å². The van der Waals surface area contributed by atoms with Crippen molar-refractivity contribution in [3.8, 4) is 0 Å². The number of likely N-dealkylation sites (tertiary alicyclic amines) is 1. The minimum absolute atomic E-state index is 0.159. The van der Waals surface area contributed by atoms with Gasteiger partial charge in [-0.25, -0.2) is 0 Å². The van der Waals surface area contributed by atoms with Gasteiger partial charge >= 0.3 is 0 Å². The third kappa shape index (κ3) is 4.53. The smallest absolute Gasteiger partial charge is 0.236 e. The Labute approximate surface area is 115 Å². The number of nitrogens with zero attached hydrogens (tertiary/aromatic N) is 2. The van der Waals surface area contributed by atoms with Crippen LogP contribution in [-0.4, -0.2) is 53.4 Å². The van der Waals surface area contributed by atoms with Crippen LogP contribution in [0.2, 0.25) is 0 Å². The Kier molecular flexibility index (Phi) is 6.02. The molecule has 1 heterocycles. The van der Waals surface area contributed by atoms with Crippen LogP contribution in [0.3, 0.4) is 0 Å². The monoisotopic (exact) mass is 271 g/mol. The van der Waals surface area contributed by atoms with E-state index >= 15 is 0 Å². The Hall–Kier alpha value is -0.680. The van der Waals surface area contributed by atoms with E-state index < -0.39 is 0 Å². The first kappa shape index (κ1) is 15.4. The van der Waals surface area contributed by atoms with Crippen molar-refractivity contribution in [3.05, 3.63) is 0 Å². The molecule has 0 radical (unpaired) electrons. The minimum Gasteiger partial charge on any atom is -0.393 e. The van der Waals surface area contributed by atoms with E-state index in [1.54, 1.807) is 4.90 Å². The van der Waals surface area contributed by atoms with Crippen molar-refractivity contribution in [1.82, 2.24) is 9.80 Å². The van der Waals surface area contributed by atoms with E-state index in [0.29, 0.717) is 36.5 Å². The molecule has 2 unspecified atom stereocenters. The van der Waals surface area contributed by atoms with Gasteiger partial charge in [0.2, 0.25) is 5.91 Å². The van der Waals surface area contributed by atoms with Gasteiger partial charge in [0, 0.05) is 26.1 Å². The van der Waals surface area contributed by atoms with Gasteiger partial charge in [0.05, 0.1) is 11.5 Å². The molecule has 1 aliphatic heterocycles. The Morgan fingerprint density at radius 3 is 2.78 bits per heavy atom. The quantitative estimate of drug-likeness (QED) is 0.764. The molecule has 18 heavy (non-hydrogen) atoms. The van der Waals surface area contributed by atoms with Gasteiger partial charge in [-0.1, -0.05) is 19.1 Å². The largest absolute Gasteiger partial charge is 0.393 e. The summed E-state index contributed by atoms with van der Waals surface area (Å²) in [5.41, 5.74) is 5.45. The average Bonchev–Trinajstić information content (AvgIpc) is 2.31. The van der Waals surface area contributed by atoms with Gasteiger partial charge in [0.25, 0.3) is 0 Å². The number of carbonyl (C=O) groups excluding carboxylic acids is 1. The first-order chi connectivity index (χ1) is 8.41. The summed E-state index contributed by atoms with van der Waals surface area (Å²) >= 11 is 4.83. The highest BCUT2D eigenvalue weighted by Crippen LogP contribution is 2.22. The number of piperidine rings is 1. The fourth-order valence-corrected chi connectivity index (χ4v) is 2.43. The van der Waals surface area contributed by atoms with Crippen LogP contribution in [0.1, 0.15) is 33.1 Å². The molecular weight excluding hydrogens is 246 g/mol. The first-order valence-corrected chi connectivity index (χ1v) is 7.09. The predicted octanol–water partition coefficient (Wildman–Crippen LogP) is 1.24. The Morgan fingerprint density at radius 2 is 2.17 bits per heavy atom. The number of likely N-dealkylation sites (N-methyl/N-ethyl adjacent to an activating group) is 1. The lowest BCUT2D eigenvalue weighted by Gasteiger charge is -2.38. The molecule has 1 fully saturated rings. The van der Waals surface area contributed by atoms with Crippen molar-refractivity contribution in [1.29, 1.82) is 0 Å². The number of hydrogen-bond acceptors (Lipinski definition) is 3. The van der Waals surface area contributed by atoms with Crippen molar-refractivity contribution in [2.45, 2.75) is 39.2 Å². The molecule has 5 heteroatoms. The van der Waals surface area contributed by atoms with Crippen molar-refractivity contribution < 1.29 is 4.79 Å². The molecule has 1 saturated heterocycles. The Bertz CT molecular complexity index is 309. The molecule has 0 saturated carbocycles. The van der Waals surface area contributed by atoms with E-state index in [1.807, 2.05) is 7.05 Å². The van der Waals surface area contributed by atoms with Crippen molar-refractivity contribution in [2.75, 3.05) is 26.7 Å². The van der Waals surface area contributed by atoms with Gasteiger partial charge in [-0.05, 0) is 32.2 Å². The van der Waals surface area contributed by atoms with Gasteiger partial charge < -0.3 is 10.6 Å². The average molecular weight is 271 g/mol. The summed E-state index contributed by atoms with van der Waals surface area (Å²) in [5, 5.41) is 0. The van der Waals surface area contributed by atoms with Gasteiger partial charge in [0.1, 0.15) is 0 Å². The third-order valence-electron chi connectivity index (χ3n) is 3.96. The van der Waals surface area contributed by atoms with Crippen LogP contribution in [0.4, 0.5) is 0 Å². The van der Waals surface area contributed by atoms with Crippen LogP contribution in [0.25, 0.3) is 0 Å². The number of rotatable bonds is 5. The first-order valence-electron chi connectivity index (χ1n) is 6.68. The van der Waals surface area contributed by atoms with Gasteiger partial charge in [-0.15, -0.1) is 0 Å². The highest BCUT2D eigenvalue weighted by Gasteiger charge is 2.26. The van der Waals surface area contributed by atoms with Crippen LogP contribution < -0.4 is 5.73 Å². The zero-order chi connectivity index (χ0) is 13.7. The molecule has 2 N–H and O–H groups in total. The molecule has 2 atom stereocenters. The molecule has 0 spiro atoms. The molecule has 1 amide bonds. The Morgan fingerprint density at radius 1 is 1.50 bits per heavy atom. The van der Waals surface area contributed by atoms with Gasteiger partial charge in [-0.2, -0.15) is 0 Å². The SMILES string of the molecule is CC1CCCN(CC(=O)N(C)CCC(N)=S)C1C. The van der Waals surface area contributed by atoms with Gasteiger partial charge in [-0.3, -0.25) is 9.69 Å². The lowest BCUT2D eigenvalue weighted by Crippen LogP contribution is -2.48. The number of carbonyl (C=O) groups is 1. The zero-order valence-corrected chi connectivity index (χ0v) is 12.5. The summed E-state index contributed by atoms with van der Waals surface area (Å²) in [6.45, 7) is 6.63. The predicted molar refractivity (Wildman–Crippen MR) is 78.5 cm³/mol. The van der Waals surface area contributed by atoms with E-state index in [9.17, 15) is 4.79 Å². The van der Waals surface area contributed by atoms with Crippen LogP contribution in [0, 0.1) is 5.92 Å². The summed E-state index contributed by atoms with van der Waals surface area (Å²) in [6.07, 6.45) is 3.06. The topological polar surface area (TPSA) is 49.6 Å². The fraction of sp³-hybridized carbons (Fsp3) is 0.846. The normalized spacial score (nSPS) is 24.8. The summed E-state index contributed by atoms with van der Waals surface area (Å²) in [4.78, 5) is 16.6. The van der Waals surface area contributed by atoms with E-state index in [1.165, 1.54) is 12.8 Å². The second-order valence-corrected chi connectivity index (χ2v) is 5.89. The van der Waals surface area contributed by atoms with Gasteiger partial charge in [0.15, 0.2) is 0 Å². The maximum Gasteiger partial charge on any atom is 0.236 e. The highest BCUT2D eigenvalue weighted by molar-refractivity contribution is 7.80. The number of amides is 1. The molecule has 104 valence electrons. The molecule has 0 aromatic carbocycles. The second-order valence-electron chi connectivity index (χ2n) is 5.36. The second kappa shape index (κ2) is 7.04. The maximum atomic E-state index is 12.1. The summed E-state index contributed by atoms with van der Waals surface area (Å²) in [5.74, 6) is 0.834. The molecular formula is C13H25N3OS. The summed E-state index contributed by atoms with van der Waals surface area (Å²) in [6, 6.07) is 0.492. The lowest BCUT2D eigenvalue weighted by molar-refractivity contribution is -0.132. The standard InChI is InChI=1S/C13H25N3OS/c1-10-5-4-7-16(11(10)2)9-13(17)15(3)8-6-12(14)18/h10-11H,4-9H2,1-3H3,(H2,14,18). The molecule has 4 nitrogen and oxygen atoms in total. The Balaban J connectivity index is 2.40. The molecule has 0 aromatic heterocycles. The van der Waals surface area contributed by atoms with E-state index in [0.717, 1.165) is 6.54 Å². The summed E-state index contributed by atoms with van der Waals surface area (Å²) in [7, 11) is 1.82. The van der Waals surface area contributed by atoms with Crippen molar-refractivity contribution >= 4 is 23.1 Å². The van der Waals surface area contributed by atoms with E-state index in [2.05, 4.69) is 18.7 Å². The fourth-order valence-electron chi connectivity index (χ4n) is 2.34. The molecule has 0 aromatic rings. The lowest BCUT2D eigenvalue weighted by atomic mass is 9.92. The van der Waals surface area contributed by atoms with Crippen molar-refractivity contribution in [2.24, 2.45) is 11.7 Å². The molecule has 0 bridgehead atoms. The third-order valence-corrected chi connectivity index (χ3v) is 4.17. The van der Waals surface area contributed by atoms with E-state index in [4.69, 9.17) is 18.0 Å². The molecule has 1 aliphatic rings. The van der Waals surface area contributed by atoms with Crippen LogP contribution in [-0.2, 0) is 4.79 Å². The van der Waals surface area contributed by atoms with Crippen LogP contribution >= 0.6 is 12.2 Å². The molecule has 0 aliphatic carbocycles. The number of nitrogens with two attached hydrogens (primary N) is 1. The highest BCUT2D eigenvalue weighted by atomic mass is 32.1. The van der Waals surface area contributed by atoms with Crippen LogP contribution in [0.5, 0.6) is 0 Å². The molecule has 1 rings (SSSR count). The van der Waals surface area contributed by atoms with Crippen molar-refractivity contribution in [3.63, 3.8) is 0 Å². The van der Waals surface area contributed by atoms with E-state index in [-0.39, 0.29) is 5.91 Å². The number of thiocarbonyl (C=S) groups is 1. The summed E-state index contributed by atoms with van der Waals surface area (Å²) < 4.78 is 0. The zero-order valence-electron chi connectivity index (χ0n) is 11.7. The minimum atomic E-state index is 0.159.